The van der Waals surface area contributed by atoms with Crippen molar-refractivity contribution in [3.8, 4) is 0 Å². The first kappa shape index (κ1) is 24.2. The lowest BCUT2D eigenvalue weighted by Gasteiger charge is -2.30. The zero-order valence-electron chi connectivity index (χ0n) is 18.0. The summed E-state index contributed by atoms with van der Waals surface area (Å²) in [7, 11) is 4.11. The molecule has 2 rings (SSSR count). The van der Waals surface area contributed by atoms with Gasteiger partial charge in [0.1, 0.15) is 0 Å². The van der Waals surface area contributed by atoms with Crippen molar-refractivity contribution < 1.29 is 0 Å². The van der Waals surface area contributed by atoms with Crippen LogP contribution in [0.1, 0.15) is 57.7 Å². The van der Waals surface area contributed by atoms with Gasteiger partial charge in [-0.05, 0) is 38.1 Å². The second-order valence-electron chi connectivity index (χ2n) is 8.01. The van der Waals surface area contributed by atoms with Crippen LogP contribution in [0.25, 0.3) is 0 Å². The summed E-state index contributed by atoms with van der Waals surface area (Å²) in [6.07, 6.45) is 4.82. The smallest absolute Gasteiger partial charge is 0.194 e. The van der Waals surface area contributed by atoms with Crippen LogP contribution in [0.4, 0.5) is 0 Å². The molecule has 6 nitrogen and oxygen atoms in total. The molecule has 156 valence electrons. The fourth-order valence-electron chi connectivity index (χ4n) is 3.75. The molecule has 1 aromatic rings. The summed E-state index contributed by atoms with van der Waals surface area (Å²) in [5, 5.41) is 8.06. The minimum absolute atomic E-state index is 0. The number of aromatic nitrogens is 2. The van der Waals surface area contributed by atoms with Crippen molar-refractivity contribution in [3.05, 3.63) is 17.5 Å². The van der Waals surface area contributed by atoms with E-state index in [2.05, 4.69) is 61.2 Å². The molecule has 1 atom stereocenters. The van der Waals surface area contributed by atoms with Crippen molar-refractivity contribution in [2.75, 3.05) is 39.8 Å². The SMILES string of the molecule is CCNC(=NCCN1CCCC(C)C1)N(C)Cc1cn(C)nc1C(C)C.I. The first-order chi connectivity index (χ1) is 12.4. The van der Waals surface area contributed by atoms with Crippen molar-refractivity contribution in [2.45, 2.75) is 53.0 Å². The van der Waals surface area contributed by atoms with E-state index in [1.54, 1.807) is 0 Å². The van der Waals surface area contributed by atoms with Gasteiger partial charge in [0.2, 0.25) is 0 Å². The molecule has 1 fully saturated rings. The second-order valence-corrected chi connectivity index (χ2v) is 8.01. The van der Waals surface area contributed by atoms with Gasteiger partial charge in [0.05, 0.1) is 12.2 Å². The molecule has 1 N–H and O–H groups in total. The fraction of sp³-hybridized carbons (Fsp3) is 0.800. The molecule has 0 bridgehead atoms. The minimum Gasteiger partial charge on any atom is -0.357 e. The normalized spacial score (nSPS) is 18.5. The highest BCUT2D eigenvalue weighted by Crippen LogP contribution is 2.18. The van der Waals surface area contributed by atoms with Crippen LogP contribution in [0, 0.1) is 5.92 Å². The van der Waals surface area contributed by atoms with Crippen LogP contribution in [-0.2, 0) is 13.6 Å². The van der Waals surface area contributed by atoms with E-state index in [1.165, 1.54) is 37.2 Å². The van der Waals surface area contributed by atoms with Gasteiger partial charge < -0.3 is 15.1 Å². The third-order valence-electron chi connectivity index (χ3n) is 5.01. The van der Waals surface area contributed by atoms with Crippen molar-refractivity contribution in [2.24, 2.45) is 18.0 Å². The van der Waals surface area contributed by atoms with Gasteiger partial charge in [-0.2, -0.15) is 5.10 Å². The van der Waals surface area contributed by atoms with Crippen LogP contribution in [-0.4, -0.2) is 65.3 Å². The number of nitrogens with zero attached hydrogens (tertiary/aromatic N) is 5. The zero-order chi connectivity index (χ0) is 19.1. The fourth-order valence-corrected chi connectivity index (χ4v) is 3.75. The number of likely N-dealkylation sites (tertiary alicyclic amines) is 1. The van der Waals surface area contributed by atoms with Gasteiger partial charge in [-0.1, -0.05) is 20.8 Å². The molecule has 0 spiro atoms. The topological polar surface area (TPSA) is 48.7 Å². The summed E-state index contributed by atoms with van der Waals surface area (Å²) < 4.78 is 1.92. The van der Waals surface area contributed by atoms with Gasteiger partial charge in [-0.25, -0.2) is 0 Å². The van der Waals surface area contributed by atoms with Crippen LogP contribution in [0.2, 0.25) is 0 Å². The van der Waals surface area contributed by atoms with Crippen molar-refractivity contribution in [1.29, 1.82) is 0 Å². The highest BCUT2D eigenvalue weighted by molar-refractivity contribution is 14.0. The van der Waals surface area contributed by atoms with Crippen molar-refractivity contribution in [1.82, 2.24) is 24.9 Å². The molecule has 0 amide bonds. The van der Waals surface area contributed by atoms with E-state index in [-0.39, 0.29) is 24.0 Å². The van der Waals surface area contributed by atoms with Crippen LogP contribution >= 0.6 is 24.0 Å². The van der Waals surface area contributed by atoms with E-state index < -0.39 is 0 Å². The summed E-state index contributed by atoms with van der Waals surface area (Å²) >= 11 is 0. The third-order valence-corrected chi connectivity index (χ3v) is 5.01. The van der Waals surface area contributed by atoms with Crippen molar-refractivity contribution in [3.63, 3.8) is 0 Å². The Morgan fingerprint density at radius 3 is 2.81 bits per heavy atom. The molecule has 1 aromatic heterocycles. The Bertz CT molecular complexity index is 583. The second kappa shape index (κ2) is 11.9. The largest absolute Gasteiger partial charge is 0.357 e. The van der Waals surface area contributed by atoms with E-state index in [0.717, 1.165) is 38.1 Å². The first-order valence-electron chi connectivity index (χ1n) is 10.1. The van der Waals surface area contributed by atoms with E-state index in [9.17, 15) is 0 Å². The molecular weight excluding hydrogens is 451 g/mol. The molecule has 0 aromatic carbocycles. The molecule has 27 heavy (non-hydrogen) atoms. The highest BCUT2D eigenvalue weighted by atomic mass is 127. The lowest BCUT2D eigenvalue weighted by Crippen LogP contribution is -2.40. The Labute approximate surface area is 182 Å². The standard InChI is InChI=1S/C20H38N6.HI/c1-7-21-20(22-10-12-26-11-8-9-17(4)13-26)24(5)14-18-15-25(6)23-19(18)16(2)3;/h15-17H,7-14H2,1-6H3,(H,21,22);1H. The maximum atomic E-state index is 4.87. The Kier molecular flexibility index (Phi) is 10.7. The number of hydrogen-bond acceptors (Lipinski definition) is 3. The van der Waals surface area contributed by atoms with Gasteiger partial charge in [-0.3, -0.25) is 9.67 Å². The maximum Gasteiger partial charge on any atom is 0.194 e. The molecule has 0 saturated carbocycles. The number of aryl methyl sites for hydroxylation is 1. The van der Waals surface area contributed by atoms with Crippen LogP contribution in [0.3, 0.4) is 0 Å². The molecule has 1 aliphatic heterocycles. The number of guanidine groups is 1. The van der Waals surface area contributed by atoms with E-state index >= 15 is 0 Å². The molecule has 0 aliphatic carbocycles. The molecule has 2 heterocycles. The molecule has 1 aliphatic rings. The summed E-state index contributed by atoms with van der Waals surface area (Å²) in [5.41, 5.74) is 2.46. The molecule has 1 saturated heterocycles. The van der Waals surface area contributed by atoms with Gasteiger partial charge in [-0.15, -0.1) is 24.0 Å². The van der Waals surface area contributed by atoms with Gasteiger partial charge in [0, 0.05) is 52.0 Å². The number of nitrogens with one attached hydrogen (secondary N) is 1. The predicted molar refractivity (Wildman–Crippen MR) is 125 cm³/mol. The van der Waals surface area contributed by atoms with Crippen LogP contribution in [0.15, 0.2) is 11.2 Å². The quantitative estimate of drug-likeness (QED) is 0.362. The Hall–Kier alpha value is -0.830. The third kappa shape index (κ3) is 7.60. The Balaban J connectivity index is 0.00000364. The summed E-state index contributed by atoms with van der Waals surface area (Å²) in [6.45, 7) is 14.9. The molecule has 0 radical (unpaired) electrons. The van der Waals surface area contributed by atoms with Crippen LogP contribution in [0.5, 0.6) is 0 Å². The summed E-state index contributed by atoms with van der Waals surface area (Å²) in [5.74, 6) is 2.24. The van der Waals surface area contributed by atoms with Gasteiger partial charge in [0.25, 0.3) is 0 Å². The average molecular weight is 490 g/mol. The van der Waals surface area contributed by atoms with Gasteiger partial charge in [0.15, 0.2) is 5.96 Å². The van der Waals surface area contributed by atoms with Gasteiger partial charge >= 0.3 is 0 Å². The highest BCUT2D eigenvalue weighted by Gasteiger charge is 2.17. The van der Waals surface area contributed by atoms with E-state index in [0.29, 0.717) is 5.92 Å². The Morgan fingerprint density at radius 1 is 1.44 bits per heavy atom. The maximum absolute atomic E-state index is 4.87. The number of piperidine rings is 1. The monoisotopic (exact) mass is 490 g/mol. The lowest BCUT2D eigenvalue weighted by atomic mass is 10.0. The predicted octanol–water partition coefficient (Wildman–Crippen LogP) is 3.29. The first-order valence-corrected chi connectivity index (χ1v) is 10.1. The number of hydrogen-bond donors (Lipinski definition) is 1. The van der Waals surface area contributed by atoms with E-state index in [1.807, 2.05) is 11.7 Å². The summed E-state index contributed by atoms with van der Waals surface area (Å²) in [4.78, 5) is 9.64. The number of halogens is 1. The average Bonchev–Trinajstić information content (AvgIpc) is 2.94. The lowest BCUT2D eigenvalue weighted by molar-refractivity contribution is 0.188. The van der Waals surface area contributed by atoms with Crippen LogP contribution < -0.4 is 5.32 Å². The Morgan fingerprint density at radius 2 is 2.19 bits per heavy atom. The van der Waals surface area contributed by atoms with Crippen molar-refractivity contribution >= 4 is 29.9 Å². The summed E-state index contributed by atoms with van der Waals surface area (Å²) in [6, 6.07) is 0. The molecule has 7 heteroatoms. The molecule has 1 unspecified atom stereocenters. The van der Waals surface area contributed by atoms with E-state index in [4.69, 9.17) is 4.99 Å². The molecular formula is C20H39IN6. The zero-order valence-corrected chi connectivity index (χ0v) is 20.4. The number of rotatable bonds is 7. The number of aliphatic imine (C=N–C) groups is 1. The minimum atomic E-state index is 0.